The topological polar surface area (TPSA) is 94.2 Å². The van der Waals surface area contributed by atoms with Crippen molar-refractivity contribution in [2.75, 3.05) is 19.5 Å². The monoisotopic (exact) mass is 396 g/mol. The third-order valence-corrected chi connectivity index (χ3v) is 5.10. The van der Waals surface area contributed by atoms with E-state index >= 15 is 0 Å². The third-order valence-electron chi connectivity index (χ3n) is 5.10. The van der Waals surface area contributed by atoms with Gasteiger partial charge in [0.1, 0.15) is 17.5 Å². The Morgan fingerprint density at radius 1 is 1.10 bits per heavy atom. The molecule has 150 valence electrons. The van der Waals surface area contributed by atoms with Gasteiger partial charge in [-0.3, -0.25) is 14.5 Å². The number of methoxy groups -OCH3 is 2. The van der Waals surface area contributed by atoms with Crippen molar-refractivity contribution in [1.29, 1.82) is 0 Å². The van der Waals surface area contributed by atoms with Gasteiger partial charge < -0.3 is 19.5 Å². The number of hydrogen-bond acceptors (Lipinski definition) is 6. The lowest BCUT2D eigenvalue weighted by Gasteiger charge is -2.29. The minimum atomic E-state index is -0.899. The number of amides is 2. The van der Waals surface area contributed by atoms with E-state index in [2.05, 4.69) is 5.32 Å². The number of nitrogens with one attached hydrogen (secondary N) is 1. The first kappa shape index (κ1) is 18.8. The quantitative estimate of drug-likeness (QED) is 0.781. The van der Waals surface area contributed by atoms with E-state index in [1.165, 1.54) is 19.1 Å². The predicted octanol–water partition coefficient (Wildman–Crippen LogP) is 2.50. The molecule has 1 saturated heterocycles. The summed E-state index contributed by atoms with van der Waals surface area (Å²) < 4.78 is 15.9. The predicted molar refractivity (Wildman–Crippen MR) is 103 cm³/mol. The van der Waals surface area contributed by atoms with Crippen LogP contribution in [0, 0.1) is 0 Å². The van der Waals surface area contributed by atoms with Crippen LogP contribution in [0.3, 0.4) is 0 Å². The summed E-state index contributed by atoms with van der Waals surface area (Å²) in [6.07, 6.45) is -0.359. The number of benzene rings is 2. The summed E-state index contributed by atoms with van der Waals surface area (Å²) in [7, 11) is 3.03. The number of hydrogen-bond donors (Lipinski definition) is 1. The number of ether oxygens (including phenoxy) is 3. The van der Waals surface area contributed by atoms with E-state index in [4.69, 9.17) is 14.2 Å². The number of likely N-dealkylation sites (tertiary alicyclic amines) is 1. The Bertz CT molecular complexity index is 967. The van der Waals surface area contributed by atoms with Gasteiger partial charge in [0.25, 0.3) is 0 Å². The Morgan fingerprint density at radius 2 is 1.79 bits per heavy atom. The van der Waals surface area contributed by atoms with Crippen LogP contribution in [0.5, 0.6) is 11.5 Å². The summed E-state index contributed by atoms with van der Waals surface area (Å²) >= 11 is 0. The van der Waals surface area contributed by atoms with Crippen LogP contribution in [0.15, 0.2) is 42.5 Å². The third kappa shape index (κ3) is 3.37. The molecule has 8 heteroatoms. The zero-order valence-electron chi connectivity index (χ0n) is 16.0. The molecular formula is C21H20N2O6. The highest BCUT2D eigenvalue weighted by Gasteiger charge is 2.46. The number of nitrogens with zero attached hydrogens (tertiary/aromatic N) is 1. The van der Waals surface area contributed by atoms with Gasteiger partial charge in [0.2, 0.25) is 18.0 Å². The zero-order valence-corrected chi connectivity index (χ0v) is 16.0. The highest BCUT2D eigenvalue weighted by Crippen LogP contribution is 2.38. The van der Waals surface area contributed by atoms with Gasteiger partial charge in [-0.1, -0.05) is 18.2 Å². The number of carbonyl (C=O) groups excluding carboxylic acids is 3. The fourth-order valence-electron chi connectivity index (χ4n) is 3.69. The van der Waals surface area contributed by atoms with Crippen LogP contribution in [0.25, 0.3) is 0 Å². The average molecular weight is 396 g/mol. The second-order valence-corrected chi connectivity index (χ2v) is 6.79. The molecule has 2 atom stereocenters. The SMILES string of the molecule is COc1cc(NC(=O)[C@H]2CCC(=O)N2[C@@H]2OC(=O)c3ccccc32)cc(OC)c1. The smallest absolute Gasteiger partial charge is 0.340 e. The molecule has 2 aromatic rings. The number of carbonyl (C=O) groups is 3. The van der Waals surface area contributed by atoms with Crippen molar-refractivity contribution < 1.29 is 28.6 Å². The van der Waals surface area contributed by atoms with Gasteiger partial charge in [-0.05, 0) is 12.5 Å². The molecule has 2 aliphatic rings. The van der Waals surface area contributed by atoms with Gasteiger partial charge in [-0.15, -0.1) is 0 Å². The number of rotatable bonds is 5. The van der Waals surface area contributed by atoms with Crippen LogP contribution in [-0.2, 0) is 14.3 Å². The lowest BCUT2D eigenvalue weighted by Crippen LogP contribution is -2.43. The van der Waals surface area contributed by atoms with Crippen molar-refractivity contribution in [3.8, 4) is 11.5 Å². The summed E-state index contributed by atoms with van der Waals surface area (Å²) in [6, 6.07) is 11.1. The van der Waals surface area contributed by atoms with E-state index in [9.17, 15) is 14.4 Å². The fourth-order valence-corrected chi connectivity index (χ4v) is 3.69. The molecule has 0 unspecified atom stereocenters. The second-order valence-electron chi connectivity index (χ2n) is 6.79. The molecule has 0 aliphatic carbocycles. The maximum atomic E-state index is 13.0. The van der Waals surface area contributed by atoms with Crippen LogP contribution in [0.1, 0.15) is 35.0 Å². The van der Waals surface area contributed by atoms with E-state index in [1.54, 1.807) is 42.5 Å². The first-order valence-corrected chi connectivity index (χ1v) is 9.17. The molecule has 2 aliphatic heterocycles. The van der Waals surface area contributed by atoms with Crippen molar-refractivity contribution in [2.24, 2.45) is 0 Å². The maximum Gasteiger partial charge on any atom is 0.340 e. The van der Waals surface area contributed by atoms with Crippen molar-refractivity contribution >= 4 is 23.5 Å². The summed E-state index contributed by atoms with van der Waals surface area (Å²) in [5, 5.41) is 2.81. The molecule has 29 heavy (non-hydrogen) atoms. The largest absolute Gasteiger partial charge is 0.497 e. The van der Waals surface area contributed by atoms with Crippen molar-refractivity contribution in [3.63, 3.8) is 0 Å². The molecule has 2 heterocycles. The Hall–Kier alpha value is -3.55. The molecule has 4 rings (SSSR count). The van der Waals surface area contributed by atoms with Crippen molar-refractivity contribution in [2.45, 2.75) is 25.1 Å². The van der Waals surface area contributed by atoms with E-state index < -0.39 is 18.2 Å². The van der Waals surface area contributed by atoms with Gasteiger partial charge in [-0.25, -0.2) is 4.79 Å². The minimum absolute atomic E-state index is 0.204. The van der Waals surface area contributed by atoms with Crippen LogP contribution in [0.2, 0.25) is 0 Å². The van der Waals surface area contributed by atoms with E-state index in [0.717, 1.165) is 0 Å². The summed E-state index contributed by atoms with van der Waals surface area (Å²) in [6.45, 7) is 0. The van der Waals surface area contributed by atoms with E-state index in [0.29, 0.717) is 34.7 Å². The average Bonchev–Trinajstić information content (AvgIpc) is 3.27. The molecule has 1 N–H and O–H groups in total. The molecule has 0 bridgehead atoms. The van der Waals surface area contributed by atoms with Crippen LogP contribution in [0.4, 0.5) is 5.69 Å². The summed E-state index contributed by atoms with van der Waals surface area (Å²) in [5.74, 6) is -0.0493. The van der Waals surface area contributed by atoms with Crippen molar-refractivity contribution in [1.82, 2.24) is 4.90 Å². The number of fused-ring (bicyclic) bond motifs is 1. The molecule has 2 amide bonds. The Kier molecular flexibility index (Phi) is 4.84. The zero-order chi connectivity index (χ0) is 20.5. The standard InChI is InChI=1S/C21H20N2O6/c1-27-13-9-12(10-14(11-13)28-2)22-19(25)17-7-8-18(24)23(17)20-15-5-3-4-6-16(15)21(26)29-20/h3-6,9-11,17,20H,7-8H2,1-2H3,(H,22,25)/t17-,20-/m1/s1. The van der Waals surface area contributed by atoms with E-state index in [-0.39, 0.29) is 18.2 Å². The normalized spacial score (nSPS) is 20.3. The molecule has 2 aromatic carbocycles. The molecule has 0 aromatic heterocycles. The molecule has 0 spiro atoms. The fraction of sp³-hybridized carbons (Fsp3) is 0.286. The number of esters is 1. The first-order valence-electron chi connectivity index (χ1n) is 9.17. The van der Waals surface area contributed by atoms with Crippen LogP contribution < -0.4 is 14.8 Å². The lowest BCUT2D eigenvalue weighted by atomic mass is 10.1. The summed E-state index contributed by atoms with van der Waals surface area (Å²) in [4.78, 5) is 39.1. The number of cyclic esters (lactones) is 1. The van der Waals surface area contributed by atoms with Gasteiger partial charge in [0, 0.05) is 35.9 Å². The molecule has 1 fully saturated rings. The molecular weight excluding hydrogens is 376 g/mol. The number of anilines is 1. The van der Waals surface area contributed by atoms with Crippen LogP contribution >= 0.6 is 0 Å². The maximum absolute atomic E-state index is 13.0. The Morgan fingerprint density at radius 3 is 2.48 bits per heavy atom. The minimum Gasteiger partial charge on any atom is -0.497 e. The highest BCUT2D eigenvalue weighted by atomic mass is 16.6. The van der Waals surface area contributed by atoms with Gasteiger partial charge in [0.15, 0.2) is 0 Å². The first-order chi connectivity index (χ1) is 14.0. The van der Waals surface area contributed by atoms with E-state index in [1.807, 2.05) is 0 Å². The molecule has 0 saturated carbocycles. The van der Waals surface area contributed by atoms with Gasteiger partial charge in [0.05, 0.1) is 19.8 Å². The highest BCUT2D eigenvalue weighted by molar-refractivity contribution is 6.00. The molecule has 0 radical (unpaired) electrons. The van der Waals surface area contributed by atoms with Crippen LogP contribution in [-0.4, -0.2) is 42.9 Å². The van der Waals surface area contributed by atoms with Crippen molar-refractivity contribution in [3.05, 3.63) is 53.6 Å². The van der Waals surface area contributed by atoms with Gasteiger partial charge in [-0.2, -0.15) is 0 Å². The Labute approximate surface area is 167 Å². The molecule has 8 nitrogen and oxygen atoms in total. The van der Waals surface area contributed by atoms with Gasteiger partial charge >= 0.3 is 5.97 Å². The lowest BCUT2D eigenvalue weighted by molar-refractivity contribution is -0.144. The second kappa shape index (κ2) is 7.46. The summed E-state index contributed by atoms with van der Waals surface area (Å²) in [5.41, 5.74) is 1.48. The Balaban J connectivity index is 1.59.